The molecule has 0 bridgehead atoms. The summed E-state index contributed by atoms with van der Waals surface area (Å²) in [6, 6.07) is 4.10. The monoisotopic (exact) mass is 396 g/mol. The normalized spacial score (nSPS) is 13.8. The number of ether oxygens (including phenoxy) is 1. The van der Waals surface area contributed by atoms with E-state index >= 15 is 0 Å². The van der Waals surface area contributed by atoms with Gasteiger partial charge in [0.1, 0.15) is 6.42 Å². The van der Waals surface area contributed by atoms with E-state index in [1.165, 1.54) is 19.2 Å². The van der Waals surface area contributed by atoms with E-state index in [0.717, 1.165) is 12.1 Å². The fraction of sp³-hybridized carbons (Fsp3) is 0.500. The van der Waals surface area contributed by atoms with Crippen molar-refractivity contribution in [3.8, 4) is 11.8 Å². The van der Waals surface area contributed by atoms with Crippen molar-refractivity contribution in [1.82, 2.24) is 4.72 Å². The van der Waals surface area contributed by atoms with Gasteiger partial charge in [-0.25, -0.2) is 13.1 Å². The molecular weight excluding hydrogens is 372 g/mol. The second-order valence-electron chi connectivity index (χ2n) is 7.08. The Morgan fingerprint density at radius 3 is 2.30 bits per heavy atom. The number of hydrogen-bond acceptors (Lipinski definition) is 6. The predicted molar refractivity (Wildman–Crippen MR) is 100 cm³/mol. The molecule has 0 radical (unpaired) electrons. The van der Waals surface area contributed by atoms with Gasteiger partial charge in [0.2, 0.25) is 10.0 Å². The van der Waals surface area contributed by atoms with E-state index in [4.69, 9.17) is 0 Å². The Bertz CT molecular complexity index is 845. The molecule has 0 saturated carbocycles. The standard InChI is InChI=1S/C18H24N2O6S/c1-13(7-6-8-16(21)26-5)17(18(2,3)4)19-27(24,25)15-11-9-14(10-12-15)20(22)23/h9-13,17,19H,8H2,1-5H3/t13-,17+/m0/s1. The van der Waals surface area contributed by atoms with E-state index in [2.05, 4.69) is 21.3 Å². The molecule has 0 unspecified atom stereocenters. The summed E-state index contributed by atoms with van der Waals surface area (Å²) < 4.78 is 32.6. The van der Waals surface area contributed by atoms with Gasteiger partial charge in [0.15, 0.2) is 0 Å². The van der Waals surface area contributed by atoms with Crippen LogP contribution in [0.5, 0.6) is 0 Å². The topological polar surface area (TPSA) is 116 Å². The molecule has 0 aromatic heterocycles. The minimum atomic E-state index is -3.91. The number of sulfonamides is 1. The third kappa shape index (κ3) is 6.66. The lowest BCUT2D eigenvalue weighted by molar-refractivity contribution is -0.384. The second-order valence-corrected chi connectivity index (χ2v) is 8.79. The number of hydrogen-bond donors (Lipinski definition) is 1. The van der Waals surface area contributed by atoms with Gasteiger partial charge in [-0.2, -0.15) is 0 Å². The molecule has 1 N–H and O–H groups in total. The molecule has 148 valence electrons. The molecule has 1 aromatic carbocycles. The van der Waals surface area contributed by atoms with E-state index in [9.17, 15) is 23.3 Å². The Hall–Kier alpha value is -2.44. The van der Waals surface area contributed by atoms with Crippen molar-refractivity contribution in [2.24, 2.45) is 11.3 Å². The van der Waals surface area contributed by atoms with Gasteiger partial charge in [0.25, 0.3) is 5.69 Å². The van der Waals surface area contributed by atoms with Crippen LogP contribution in [-0.4, -0.2) is 32.5 Å². The fourth-order valence-electron chi connectivity index (χ4n) is 2.45. The van der Waals surface area contributed by atoms with E-state index in [0.29, 0.717) is 0 Å². The quantitative estimate of drug-likeness (QED) is 0.342. The number of nitrogens with one attached hydrogen (secondary N) is 1. The van der Waals surface area contributed by atoms with E-state index in [1.54, 1.807) is 6.92 Å². The lowest BCUT2D eigenvalue weighted by Gasteiger charge is -2.33. The summed E-state index contributed by atoms with van der Waals surface area (Å²) in [4.78, 5) is 21.2. The van der Waals surface area contributed by atoms with Crippen molar-refractivity contribution >= 4 is 21.7 Å². The maximum atomic E-state index is 12.7. The third-order valence-electron chi connectivity index (χ3n) is 3.86. The molecular formula is C18H24N2O6S. The first-order chi connectivity index (χ1) is 12.4. The average Bonchev–Trinajstić information content (AvgIpc) is 2.58. The first-order valence-electron chi connectivity index (χ1n) is 8.20. The van der Waals surface area contributed by atoms with Crippen LogP contribution in [0.25, 0.3) is 0 Å². The molecule has 8 nitrogen and oxygen atoms in total. The maximum Gasteiger partial charge on any atom is 0.317 e. The van der Waals surface area contributed by atoms with Gasteiger partial charge < -0.3 is 4.74 Å². The number of benzene rings is 1. The molecule has 0 aliphatic heterocycles. The lowest BCUT2D eigenvalue weighted by Crippen LogP contribution is -2.47. The SMILES string of the molecule is COC(=O)CC#C[C@H](C)[C@@H](NS(=O)(=O)c1ccc([N+](=O)[O-])cc1)C(C)(C)C. The first-order valence-corrected chi connectivity index (χ1v) is 9.69. The van der Waals surface area contributed by atoms with E-state index < -0.39 is 32.4 Å². The largest absolute Gasteiger partial charge is 0.468 e. The highest BCUT2D eigenvalue weighted by Crippen LogP contribution is 2.27. The van der Waals surface area contributed by atoms with Crippen molar-refractivity contribution in [3.05, 3.63) is 34.4 Å². The number of rotatable bonds is 6. The van der Waals surface area contributed by atoms with Gasteiger partial charge in [0, 0.05) is 24.1 Å². The maximum absolute atomic E-state index is 12.7. The van der Waals surface area contributed by atoms with Gasteiger partial charge in [0.05, 0.1) is 16.9 Å². The van der Waals surface area contributed by atoms with Crippen LogP contribution in [0.4, 0.5) is 5.69 Å². The van der Waals surface area contributed by atoms with Crippen LogP contribution in [0.1, 0.15) is 34.1 Å². The zero-order chi connectivity index (χ0) is 20.8. The summed E-state index contributed by atoms with van der Waals surface area (Å²) in [6.45, 7) is 7.37. The first kappa shape index (κ1) is 22.6. The van der Waals surface area contributed by atoms with Crippen LogP contribution in [0, 0.1) is 33.3 Å². The third-order valence-corrected chi connectivity index (χ3v) is 5.32. The van der Waals surface area contributed by atoms with Crippen molar-refractivity contribution in [2.45, 2.75) is 45.1 Å². The zero-order valence-corrected chi connectivity index (χ0v) is 16.8. The molecule has 0 saturated heterocycles. The van der Waals surface area contributed by atoms with Gasteiger partial charge in [-0.05, 0) is 24.5 Å². The molecule has 1 rings (SSSR count). The highest BCUT2D eigenvalue weighted by molar-refractivity contribution is 7.89. The Balaban J connectivity index is 3.08. The van der Waals surface area contributed by atoms with Crippen LogP contribution < -0.4 is 4.72 Å². The molecule has 2 atom stereocenters. The lowest BCUT2D eigenvalue weighted by atomic mass is 9.80. The number of non-ortho nitro benzene ring substituents is 1. The van der Waals surface area contributed by atoms with E-state index in [1.807, 2.05) is 20.8 Å². The number of esters is 1. The summed E-state index contributed by atoms with van der Waals surface area (Å²) in [6.07, 6.45) is -0.0766. The van der Waals surface area contributed by atoms with Crippen LogP contribution >= 0.6 is 0 Å². The highest BCUT2D eigenvalue weighted by Gasteiger charge is 2.33. The smallest absolute Gasteiger partial charge is 0.317 e. The number of methoxy groups -OCH3 is 1. The molecule has 0 aliphatic carbocycles. The summed E-state index contributed by atoms with van der Waals surface area (Å²) in [5, 5.41) is 10.7. The molecule has 9 heteroatoms. The highest BCUT2D eigenvalue weighted by atomic mass is 32.2. The summed E-state index contributed by atoms with van der Waals surface area (Å²) in [5.41, 5.74) is -0.656. The summed E-state index contributed by atoms with van der Waals surface area (Å²) >= 11 is 0. The molecule has 0 amide bonds. The van der Waals surface area contributed by atoms with Crippen LogP contribution in [0.3, 0.4) is 0 Å². The van der Waals surface area contributed by atoms with Gasteiger partial charge in [-0.15, -0.1) is 0 Å². The fourth-order valence-corrected chi connectivity index (χ4v) is 3.97. The molecule has 0 aliphatic rings. The molecule has 0 fully saturated rings. The van der Waals surface area contributed by atoms with Crippen LogP contribution in [-0.2, 0) is 19.6 Å². The summed E-state index contributed by atoms with van der Waals surface area (Å²) in [7, 11) is -2.64. The van der Waals surface area contributed by atoms with Crippen molar-refractivity contribution in [3.63, 3.8) is 0 Å². The van der Waals surface area contributed by atoms with Crippen LogP contribution in [0.2, 0.25) is 0 Å². The minimum Gasteiger partial charge on any atom is -0.468 e. The minimum absolute atomic E-state index is 0.0722. The zero-order valence-electron chi connectivity index (χ0n) is 16.0. The number of carbonyl (C=O) groups is 1. The Kier molecular flexibility index (Phi) is 7.51. The molecule has 1 aromatic rings. The average molecular weight is 396 g/mol. The van der Waals surface area contributed by atoms with E-state index in [-0.39, 0.29) is 22.9 Å². The van der Waals surface area contributed by atoms with Crippen molar-refractivity contribution in [2.75, 3.05) is 7.11 Å². The number of nitro benzene ring substituents is 1. The molecule has 27 heavy (non-hydrogen) atoms. The Morgan fingerprint density at radius 2 is 1.85 bits per heavy atom. The number of nitro groups is 1. The van der Waals surface area contributed by atoms with Gasteiger partial charge in [-0.1, -0.05) is 32.6 Å². The van der Waals surface area contributed by atoms with Crippen molar-refractivity contribution < 1.29 is 22.9 Å². The number of nitrogens with zero attached hydrogens (tertiary/aromatic N) is 1. The number of carbonyl (C=O) groups excluding carboxylic acids is 1. The summed E-state index contributed by atoms with van der Waals surface area (Å²) in [5.74, 6) is 4.73. The van der Waals surface area contributed by atoms with Gasteiger partial charge in [-0.3, -0.25) is 14.9 Å². The van der Waals surface area contributed by atoms with Crippen LogP contribution in [0.15, 0.2) is 29.2 Å². The van der Waals surface area contributed by atoms with Crippen molar-refractivity contribution in [1.29, 1.82) is 0 Å². The van der Waals surface area contributed by atoms with Gasteiger partial charge >= 0.3 is 5.97 Å². The Labute approximate surface area is 159 Å². The second kappa shape index (κ2) is 8.97. The molecule has 0 spiro atoms. The predicted octanol–water partition coefficient (Wildman–Crippen LogP) is 2.49. The molecule has 0 heterocycles. The Morgan fingerprint density at radius 1 is 1.30 bits per heavy atom.